The van der Waals surface area contributed by atoms with Gasteiger partial charge in [-0.25, -0.2) is 12.7 Å². The molecule has 0 aromatic heterocycles. The maximum absolute atomic E-state index is 12.3. The van der Waals surface area contributed by atoms with E-state index in [-0.39, 0.29) is 17.7 Å². The Morgan fingerprint density at radius 1 is 1.44 bits per heavy atom. The number of hydrogen-bond acceptors (Lipinski definition) is 4. The average molecular weight is 276 g/mol. The van der Waals surface area contributed by atoms with Crippen molar-refractivity contribution in [3.8, 4) is 0 Å². The first-order valence-electron chi connectivity index (χ1n) is 6.80. The molecule has 2 fully saturated rings. The van der Waals surface area contributed by atoms with Crippen molar-refractivity contribution in [1.29, 1.82) is 0 Å². The van der Waals surface area contributed by atoms with Crippen LogP contribution in [0.4, 0.5) is 0 Å². The van der Waals surface area contributed by atoms with Crippen LogP contribution in [0.3, 0.4) is 0 Å². The predicted molar refractivity (Wildman–Crippen MR) is 70.7 cm³/mol. The number of nitrogens with zero attached hydrogens (tertiary/aromatic N) is 1. The van der Waals surface area contributed by atoms with E-state index in [2.05, 4.69) is 0 Å². The molecular weight excluding hydrogens is 252 g/mol. The largest absolute Gasteiger partial charge is 0.381 e. The van der Waals surface area contributed by atoms with Gasteiger partial charge in [-0.2, -0.15) is 0 Å². The molecule has 6 heteroatoms. The van der Waals surface area contributed by atoms with Gasteiger partial charge in [0.2, 0.25) is 10.0 Å². The minimum absolute atomic E-state index is 0.0674. The number of nitrogens with two attached hydrogens (primary N) is 1. The maximum Gasteiger partial charge on any atom is 0.214 e. The molecule has 2 rings (SSSR count). The van der Waals surface area contributed by atoms with Crippen LogP contribution in [-0.4, -0.2) is 50.8 Å². The number of rotatable bonds is 4. The minimum atomic E-state index is -3.14. The molecule has 0 aromatic carbocycles. The van der Waals surface area contributed by atoms with Crippen LogP contribution in [0.2, 0.25) is 0 Å². The zero-order valence-electron chi connectivity index (χ0n) is 11.0. The number of hydrogen-bond donors (Lipinski definition) is 1. The predicted octanol–water partition coefficient (Wildman–Crippen LogP) is 0.412. The van der Waals surface area contributed by atoms with Crippen LogP contribution in [0.25, 0.3) is 0 Å². The molecule has 106 valence electrons. The molecule has 0 bridgehead atoms. The van der Waals surface area contributed by atoms with Crippen molar-refractivity contribution < 1.29 is 13.2 Å². The Balaban J connectivity index is 1.95. The molecule has 2 heterocycles. The van der Waals surface area contributed by atoms with Crippen LogP contribution in [-0.2, 0) is 14.8 Å². The summed E-state index contributed by atoms with van der Waals surface area (Å²) >= 11 is 0. The van der Waals surface area contributed by atoms with E-state index in [4.69, 9.17) is 10.5 Å². The monoisotopic (exact) mass is 276 g/mol. The van der Waals surface area contributed by atoms with Gasteiger partial charge in [0.1, 0.15) is 0 Å². The molecule has 3 atom stereocenters. The van der Waals surface area contributed by atoms with E-state index in [9.17, 15) is 8.42 Å². The van der Waals surface area contributed by atoms with Crippen LogP contribution < -0.4 is 5.73 Å². The molecular formula is C12H24N2O3S. The molecule has 3 unspecified atom stereocenters. The van der Waals surface area contributed by atoms with Crippen molar-refractivity contribution in [2.45, 2.75) is 32.2 Å². The Kier molecular flexibility index (Phi) is 4.64. The van der Waals surface area contributed by atoms with E-state index in [1.165, 1.54) is 0 Å². The van der Waals surface area contributed by atoms with Gasteiger partial charge in [-0.1, -0.05) is 0 Å². The summed E-state index contributed by atoms with van der Waals surface area (Å²) < 4.78 is 31.6. The Morgan fingerprint density at radius 2 is 2.22 bits per heavy atom. The molecule has 0 amide bonds. The third-order valence-corrected chi connectivity index (χ3v) is 6.04. The third-order valence-electron chi connectivity index (χ3n) is 4.03. The van der Waals surface area contributed by atoms with Gasteiger partial charge >= 0.3 is 0 Å². The van der Waals surface area contributed by atoms with Gasteiger partial charge in [0.15, 0.2) is 0 Å². The highest BCUT2D eigenvalue weighted by Gasteiger charge is 2.32. The lowest BCUT2D eigenvalue weighted by molar-refractivity contribution is 0.188. The number of sulfonamides is 1. The molecule has 2 saturated heterocycles. The van der Waals surface area contributed by atoms with Crippen molar-refractivity contribution >= 4 is 10.0 Å². The van der Waals surface area contributed by atoms with Gasteiger partial charge < -0.3 is 10.5 Å². The summed E-state index contributed by atoms with van der Waals surface area (Å²) in [6.07, 6.45) is 2.83. The molecule has 5 nitrogen and oxygen atoms in total. The zero-order valence-corrected chi connectivity index (χ0v) is 11.9. The summed E-state index contributed by atoms with van der Waals surface area (Å²) in [6.45, 7) is 4.49. The van der Waals surface area contributed by atoms with Crippen molar-refractivity contribution in [2.75, 3.05) is 32.1 Å². The highest BCUT2D eigenvalue weighted by atomic mass is 32.2. The van der Waals surface area contributed by atoms with E-state index in [0.717, 1.165) is 19.3 Å². The normalized spacial score (nSPS) is 32.6. The molecule has 0 aliphatic carbocycles. The van der Waals surface area contributed by atoms with Crippen molar-refractivity contribution in [1.82, 2.24) is 4.31 Å². The van der Waals surface area contributed by atoms with E-state index >= 15 is 0 Å². The van der Waals surface area contributed by atoms with Gasteiger partial charge in [-0.3, -0.25) is 0 Å². The maximum atomic E-state index is 12.3. The first kappa shape index (κ1) is 14.2. The second-order valence-corrected chi connectivity index (χ2v) is 7.64. The van der Waals surface area contributed by atoms with E-state index in [0.29, 0.717) is 32.2 Å². The fourth-order valence-electron chi connectivity index (χ4n) is 2.77. The van der Waals surface area contributed by atoms with E-state index in [1.807, 2.05) is 6.92 Å². The summed E-state index contributed by atoms with van der Waals surface area (Å²) in [5.74, 6) is 0.706. The van der Waals surface area contributed by atoms with Gasteiger partial charge in [-0.05, 0) is 38.0 Å². The van der Waals surface area contributed by atoms with E-state index in [1.54, 1.807) is 4.31 Å². The van der Waals surface area contributed by atoms with Gasteiger partial charge in [0, 0.05) is 25.7 Å². The lowest BCUT2D eigenvalue weighted by Crippen LogP contribution is -2.46. The number of piperidine rings is 1. The third kappa shape index (κ3) is 3.44. The fraction of sp³-hybridized carbons (Fsp3) is 1.00. The zero-order chi connectivity index (χ0) is 13.2. The lowest BCUT2D eigenvalue weighted by Gasteiger charge is -2.34. The Labute approximate surface area is 110 Å². The average Bonchev–Trinajstić information content (AvgIpc) is 2.81. The molecule has 2 N–H and O–H groups in total. The molecule has 2 aliphatic rings. The Hall–Kier alpha value is -0.170. The first-order chi connectivity index (χ1) is 8.49. The highest BCUT2D eigenvalue weighted by molar-refractivity contribution is 7.89. The van der Waals surface area contributed by atoms with Crippen molar-refractivity contribution in [3.05, 3.63) is 0 Å². The summed E-state index contributed by atoms with van der Waals surface area (Å²) in [7, 11) is -3.14. The quantitative estimate of drug-likeness (QED) is 0.807. The fourth-order valence-corrected chi connectivity index (χ4v) is 4.67. The first-order valence-corrected chi connectivity index (χ1v) is 8.41. The standard InChI is InChI=1S/C12H24N2O3S/c1-10(13)12-3-2-5-14(7-12)18(15,16)9-11-4-6-17-8-11/h10-12H,2-9,13H2,1H3. The molecule has 0 radical (unpaired) electrons. The van der Waals surface area contributed by atoms with Crippen LogP contribution in [0, 0.1) is 11.8 Å². The summed E-state index contributed by atoms with van der Waals surface area (Å²) in [6, 6.07) is 0.0674. The van der Waals surface area contributed by atoms with Crippen LogP contribution in [0.15, 0.2) is 0 Å². The second kappa shape index (κ2) is 5.86. The SMILES string of the molecule is CC(N)C1CCCN(S(=O)(=O)CC2CCOC2)C1. The second-order valence-electron chi connectivity index (χ2n) is 5.63. The van der Waals surface area contributed by atoms with Crippen LogP contribution >= 0.6 is 0 Å². The Bertz CT molecular complexity index is 364. The summed E-state index contributed by atoms with van der Waals surface area (Å²) in [5, 5.41) is 0. The van der Waals surface area contributed by atoms with Crippen LogP contribution in [0.5, 0.6) is 0 Å². The molecule has 2 aliphatic heterocycles. The molecule has 0 spiro atoms. The number of ether oxygens (including phenoxy) is 1. The van der Waals surface area contributed by atoms with Crippen molar-refractivity contribution in [3.63, 3.8) is 0 Å². The Morgan fingerprint density at radius 3 is 2.83 bits per heavy atom. The summed E-state index contributed by atoms with van der Waals surface area (Å²) in [5.41, 5.74) is 5.89. The smallest absolute Gasteiger partial charge is 0.214 e. The van der Waals surface area contributed by atoms with Gasteiger partial charge in [0.25, 0.3) is 0 Å². The molecule has 0 aromatic rings. The minimum Gasteiger partial charge on any atom is -0.381 e. The summed E-state index contributed by atoms with van der Waals surface area (Å²) in [4.78, 5) is 0. The lowest BCUT2D eigenvalue weighted by atomic mass is 9.93. The molecule has 18 heavy (non-hydrogen) atoms. The van der Waals surface area contributed by atoms with E-state index < -0.39 is 10.0 Å². The highest BCUT2D eigenvalue weighted by Crippen LogP contribution is 2.24. The van der Waals surface area contributed by atoms with Crippen molar-refractivity contribution in [2.24, 2.45) is 17.6 Å². The molecule has 0 saturated carbocycles. The van der Waals surface area contributed by atoms with Gasteiger partial charge in [-0.15, -0.1) is 0 Å². The topological polar surface area (TPSA) is 72.6 Å². The van der Waals surface area contributed by atoms with Gasteiger partial charge in [0.05, 0.1) is 12.4 Å². The van der Waals surface area contributed by atoms with Crippen LogP contribution in [0.1, 0.15) is 26.2 Å².